The zero-order valence-corrected chi connectivity index (χ0v) is 12.2. The molecule has 20 heavy (non-hydrogen) atoms. The average molecular weight is 290 g/mol. The molecule has 0 unspecified atom stereocenters. The highest BCUT2D eigenvalue weighted by Crippen LogP contribution is 2.26. The third-order valence-corrected chi connectivity index (χ3v) is 3.38. The Morgan fingerprint density at radius 2 is 2.25 bits per heavy atom. The molecular weight excluding hydrogens is 274 g/mol. The summed E-state index contributed by atoms with van der Waals surface area (Å²) in [6.07, 6.45) is 0.938. The highest BCUT2D eigenvalue weighted by Gasteiger charge is 2.16. The molecule has 1 heterocycles. The van der Waals surface area contributed by atoms with E-state index in [4.69, 9.17) is 17.3 Å². The van der Waals surface area contributed by atoms with Gasteiger partial charge in [0.2, 0.25) is 0 Å². The van der Waals surface area contributed by atoms with Gasteiger partial charge in [-0.2, -0.15) is 5.26 Å². The molecule has 0 fully saturated rings. The number of nitrogen functional groups attached to an aromatic ring is 1. The Bertz CT molecular complexity index is 669. The molecule has 0 aliphatic heterocycles. The molecule has 1 aromatic heterocycles. The number of halogens is 1. The largest absolute Gasteiger partial charge is 0.382 e. The zero-order chi connectivity index (χ0) is 14.7. The molecule has 2 rings (SSSR count). The van der Waals surface area contributed by atoms with E-state index in [1.165, 1.54) is 4.68 Å². The van der Waals surface area contributed by atoms with E-state index < -0.39 is 0 Å². The van der Waals surface area contributed by atoms with E-state index in [1.54, 1.807) is 6.07 Å². The molecule has 1 aromatic carbocycles. The van der Waals surface area contributed by atoms with Crippen molar-refractivity contribution < 1.29 is 0 Å². The summed E-state index contributed by atoms with van der Waals surface area (Å²) in [5.41, 5.74) is 8.07. The van der Waals surface area contributed by atoms with Gasteiger partial charge in [-0.25, -0.2) is 4.68 Å². The van der Waals surface area contributed by atoms with Crippen LogP contribution in [0.4, 0.5) is 11.6 Å². The zero-order valence-electron chi connectivity index (χ0n) is 11.4. The van der Waals surface area contributed by atoms with Crippen molar-refractivity contribution in [1.29, 1.82) is 5.26 Å². The minimum atomic E-state index is 0.311. The first-order valence-corrected chi connectivity index (χ1v) is 6.75. The number of benzene rings is 1. The molecule has 0 atom stereocenters. The highest BCUT2D eigenvalue weighted by molar-refractivity contribution is 6.31. The first-order chi connectivity index (χ1) is 9.58. The standard InChI is InChI=1S/C14H16ClN5/c1-3-6-18-14-11(8-16)13(17)20(19-14)10-5-4-9(2)12(15)7-10/h4-5,7H,3,6,17H2,1-2H3,(H,18,19). The Morgan fingerprint density at radius 1 is 1.50 bits per heavy atom. The SMILES string of the molecule is CCCNc1nn(-c2ccc(C)c(Cl)c2)c(N)c1C#N. The van der Waals surface area contributed by atoms with E-state index in [-0.39, 0.29) is 0 Å². The summed E-state index contributed by atoms with van der Waals surface area (Å²) in [5.74, 6) is 0.814. The summed E-state index contributed by atoms with van der Waals surface area (Å²) >= 11 is 6.12. The van der Waals surface area contributed by atoms with Crippen molar-refractivity contribution in [2.45, 2.75) is 20.3 Å². The fourth-order valence-corrected chi connectivity index (χ4v) is 1.99. The first-order valence-electron chi connectivity index (χ1n) is 6.37. The summed E-state index contributed by atoms with van der Waals surface area (Å²) in [4.78, 5) is 0. The van der Waals surface area contributed by atoms with Crippen molar-refractivity contribution >= 4 is 23.2 Å². The lowest BCUT2D eigenvalue weighted by atomic mass is 10.2. The van der Waals surface area contributed by atoms with Crippen molar-refractivity contribution in [1.82, 2.24) is 9.78 Å². The summed E-state index contributed by atoms with van der Waals surface area (Å²) in [7, 11) is 0. The van der Waals surface area contributed by atoms with Crippen LogP contribution < -0.4 is 11.1 Å². The quantitative estimate of drug-likeness (QED) is 0.906. The van der Waals surface area contributed by atoms with Gasteiger partial charge in [0, 0.05) is 11.6 Å². The van der Waals surface area contributed by atoms with E-state index in [2.05, 4.69) is 16.5 Å². The van der Waals surface area contributed by atoms with Crippen LogP contribution in [-0.4, -0.2) is 16.3 Å². The van der Waals surface area contributed by atoms with E-state index in [1.807, 2.05) is 26.0 Å². The molecule has 0 saturated carbocycles. The maximum absolute atomic E-state index is 9.21. The normalized spacial score (nSPS) is 10.3. The minimum absolute atomic E-state index is 0.311. The Kier molecular flexibility index (Phi) is 4.16. The van der Waals surface area contributed by atoms with Gasteiger partial charge >= 0.3 is 0 Å². The topological polar surface area (TPSA) is 79.7 Å². The molecule has 0 aliphatic rings. The summed E-state index contributed by atoms with van der Waals surface area (Å²) in [6, 6.07) is 7.63. The highest BCUT2D eigenvalue weighted by atomic mass is 35.5. The molecule has 3 N–H and O–H groups in total. The smallest absolute Gasteiger partial charge is 0.168 e. The van der Waals surface area contributed by atoms with Gasteiger partial charge < -0.3 is 11.1 Å². The van der Waals surface area contributed by atoms with Crippen molar-refractivity contribution in [3.63, 3.8) is 0 Å². The lowest BCUT2D eigenvalue weighted by Gasteiger charge is -2.05. The van der Waals surface area contributed by atoms with Gasteiger partial charge in [-0.15, -0.1) is 5.10 Å². The predicted octanol–water partition coefficient (Wildman–Crippen LogP) is 3.11. The second-order valence-electron chi connectivity index (χ2n) is 4.49. The van der Waals surface area contributed by atoms with E-state index in [9.17, 15) is 5.26 Å². The molecule has 0 spiro atoms. The minimum Gasteiger partial charge on any atom is -0.382 e. The first kappa shape index (κ1) is 14.2. The maximum atomic E-state index is 9.21. The Balaban J connectivity index is 2.49. The molecule has 0 aliphatic carbocycles. The van der Waals surface area contributed by atoms with Crippen LogP contribution in [0, 0.1) is 18.3 Å². The van der Waals surface area contributed by atoms with Crippen LogP contribution in [0.2, 0.25) is 5.02 Å². The number of nitrogens with two attached hydrogens (primary N) is 1. The number of hydrogen-bond acceptors (Lipinski definition) is 4. The van der Waals surface area contributed by atoms with Gasteiger partial charge in [-0.05, 0) is 31.0 Å². The molecule has 6 heteroatoms. The predicted molar refractivity (Wildman–Crippen MR) is 81.2 cm³/mol. The van der Waals surface area contributed by atoms with Gasteiger partial charge in [0.15, 0.2) is 5.82 Å². The molecule has 0 amide bonds. The van der Waals surface area contributed by atoms with Crippen LogP contribution in [0.15, 0.2) is 18.2 Å². The van der Waals surface area contributed by atoms with Gasteiger partial charge in [-0.1, -0.05) is 24.6 Å². The van der Waals surface area contributed by atoms with Crippen LogP contribution in [0.25, 0.3) is 5.69 Å². The lowest BCUT2D eigenvalue weighted by Crippen LogP contribution is -2.03. The average Bonchev–Trinajstić information content (AvgIpc) is 2.75. The second-order valence-corrected chi connectivity index (χ2v) is 4.90. The van der Waals surface area contributed by atoms with Crippen LogP contribution in [0.1, 0.15) is 24.5 Å². The van der Waals surface area contributed by atoms with Gasteiger partial charge in [0.05, 0.1) is 5.69 Å². The van der Waals surface area contributed by atoms with Crippen LogP contribution in [-0.2, 0) is 0 Å². The number of anilines is 2. The molecule has 2 aromatic rings. The van der Waals surface area contributed by atoms with Gasteiger partial charge in [0.25, 0.3) is 0 Å². The monoisotopic (exact) mass is 289 g/mol. The van der Waals surface area contributed by atoms with E-state index in [0.717, 1.165) is 24.2 Å². The van der Waals surface area contributed by atoms with Crippen LogP contribution in [0.5, 0.6) is 0 Å². The molecule has 104 valence electrons. The fourth-order valence-electron chi connectivity index (χ4n) is 1.82. The molecule has 0 bridgehead atoms. The number of hydrogen-bond donors (Lipinski definition) is 2. The van der Waals surface area contributed by atoms with Gasteiger partial charge in [-0.3, -0.25) is 0 Å². The van der Waals surface area contributed by atoms with Crippen LogP contribution in [0.3, 0.4) is 0 Å². The van der Waals surface area contributed by atoms with Gasteiger partial charge in [0.1, 0.15) is 17.5 Å². The number of nitriles is 1. The number of nitrogens with one attached hydrogen (secondary N) is 1. The Labute approximate surface area is 123 Å². The Morgan fingerprint density at radius 3 is 2.85 bits per heavy atom. The molecule has 0 radical (unpaired) electrons. The molecule has 0 saturated heterocycles. The third-order valence-electron chi connectivity index (χ3n) is 2.98. The van der Waals surface area contributed by atoms with Crippen molar-refractivity contribution in [2.24, 2.45) is 0 Å². The van der Waals surface area contributed by atoms with E-state index in [0.29, 0.717) is 22.2 Å². The van der Waals surface area contributed by atoms with Crippen molar-refractivity contribution in [3.05, 3.63) is 34.3 Å². The van der Waals surface area contributed by atoms with Crippen LogP contribution >= 0.6 is 11.6 Å². The summed E-state index contributed by atoms with van der Waals surface area (Å²) in [5, 5.41) is 17.3. The number of nitrogens with zero attached hydrogens (tertiary/aromatic N) is 3. The number of rotatable bonds is 4. The summed E-state index contributed by atoms with van der Waals surface area (Å²) in [6.45, 7) is 4.70. The third kappa shape index (κ3) is 2.56. The number of aromatic nitrogens is 2. The fraction of sp³-hybridized carbons (Fsp3) is 0.286. The molecular formula is C14H16ClN5. The number of aryl methyl sites for hydroxylation is 1. The van der Waals surface area contributed by atoms with E-state index >= 15 is 0 Å². The Hall–Kier alpha value is -2.19. The summed E-state index contributed by atoms with van der Waals surface area (Å²) < 4.78 is 1.53. The lowest BCUT2D eigenvalue weighted by molar-refractivity contribution is 0.880. The van der Waals surface area contributed by atoms with Crippen molar-refractivity contribution in [2.75, 3.05) is 17.6 Å². The maximum Gasteiger partial charge on any atom is 0.168 e. The van der Waals surface area contributed by atoms with Crippen molar-refractivity contribution in [3.8, 4) is 11.8 Å². The second kappa shape index (κ2) is 5.85. The molecule has 5 nitrogen and oxygen atoms in total.